The second kappa shape index (κ2) is 6.18. The van der Waals surface area contributed by atoms with Crippen LogP contribution in [0.3, 0.4) is 0 Å². The molecule has 2 aromatic rings. The lowest BCUT2D eigenvalue weighted by atomic mass is 9.99. The van der Waals surface area contributed by atoms with E-state index in [1.165, 1.54) is 16.8 Å². The topological polar surface area (TPSA) is 47.7 Å². The van der Waals surface area contributed by atoms with E-state index >= 15 is 0 Å². The molecule has 0 aromatic heterocycles. The van der Waals surface area contributed by atoms with Gasteiger partial charge in [0.05, 0.1) is 14.2 Å². The number of rotatable bonds is 4. The number of nitrogen functional groups attached to an aromatic ring is 1. The molecule has 3 rings (SSSR count). The Hall–Kier alpha value is -2.36. The zero-order valence-electron chi connectivity index (χ0n) is 13.1. The van der Waals surface area contributed by atoms with Crippen molar-refractivity contribution >= 4 is 11.4 Å². The Morgan fingerprint density at radius 1 is 1.09 bits per heavy atom. The maximum Gasteiger partial charge on any atom is 0.161 e. The van der Waals surface area contributed by atoms with Crippen molar-refractivity contribution in [1.82, 2.24) is 0 Å². The third-order valence-electron chi connectivity index (χ3n) is 4.20. The molecule has 116 valence electrons. The third-order valence-corrected chi connectivity index (χ3v) is 4.20. The Bertz CT molecular complexity index is 670. The summed E-state index contributed by atoms with van der Waals surface area (Å²) in [6, 6.07) is 12.3. The van der Waals surface area contributed by atoms with E-state index in [9.17, 15) is 0 Å². The Balaban J connectivity index is 1.87. The molecule has 0 saturated heterocycles. The van der Waals surface area contributed by atoms with Crippen molar-refractivity contribution in [2.75, 3.05) is 31.4 Å². The second-order valence-corrected chi connectivity index (χ2v) is 5.56. The van der Waals surface area contributed by atoms with Crippen LogP contribution in [0.5, 0.6) is 11.5 Å². The largest absolute Gasteiger partial charge is 0.493 e. The van der Waals surface area contributed by atoms with Gasteiger partial charge in [-0.3, -0.25) is 0 Å². The molecule has 4 heteroatoms. The predicted octanol–water partition coefficient (Wildman–Crippen LogP) is 3.24. The number of benzene rings is 2. The van der Waals surface area contributed by atoms with Gasteiger partial charge in [-0.15, -0.1) is 0 Å². The molecule has 0 bridgehead atoms. The molecule has 2 aromatic carbocycles. The summed E-state index contributed by atoms with van der Waals surface area (Å²) in [7, 11) is 3.32. The summed E-state index contributed by atoms with van der Waals surface area (Å²) in [6.07, 6.45) is 2.19. The molecule has 1 aliphatic heterocycles. The van der Waals surface area contributed by atoms with E-state index in [4.69, 9.17) is 15.2 Å². The van der Waals surface area contributed by atoms with Crippen LogP contribution in [0.25, 0.3) is 0 Å². The summed E-state index contributed by atoms with van der Waals surface area (Å²) in [5.41, 5.74) is 10.7. The Morgan fingerprint density at radius 3 is 2.68 bits per heavy atom. The molecular weight excluding hydrogens is 276 g/mol. The van der Waals surface area contributed by atoms with Crippen LogP contribution in [-0.4, -0.2) is 20.8 Å². The van der Waals surface area contributed by atoms with Crippen LogP contribution in [0.4, 0.5) is 11.4 Å². The van der Waals surface area contributed by atoms with Gasteiger partial charge < -0.3 is 20.1 Å². The number of nitrogens with zero attached hydrogens (tertiary/aromatic N) is 1. The summed E-state index contributed by atoms with van der Waals surface area (Å²) in [5, 5.41) is 0. The molecule has 22 heavy (non-hydrogen) atoms. The van der Waals surface area contributed by atoms with Crippen molar-refractivity contribution < 1.29 is 9.47 Å². The fourth-order valence-electron chi connectivity index (χ4n) is 3.09. The Labute approximate surface area is 131 Å². The molecule has 0 fully saturated rings. The van der Waals surface area contributed by atoms with E-state index in [0.717, 1.165) is 43.1 Å². The minimum absolute atomic E-state index is 0.759. The Kier molecular flexibility index (Phi) is 4.09. The number of anilines is 2. The number of hydrogen-bond donors (Lipinski definition) is 1. The van der Waals surface area contributed by atoms with E-state index in [2.05, 4.69) is 17.0 Å². The smallest absolute Gasteiger partial charge is 0.161 e. The monoisotopic (exact) mass is 298 g/mol. The van der Waals surface area contributed by atoms with Crippen LogP contribution >= 0.6 is 0 Å². The van der Waals surface area contributed by atoms with Crippen molar-refractivity contribution in [1.29, 1.82) is 0 Å². The number of ether oxygens (including phenoxy) is 2. The maximum atomic E-state index is 6.12. The fraction of sp³-hybridized carbons (Fsp3) is 0.333. The molecule has 4 nitrogen and oxygen atoms in total. The van der Waals surface area contributed by atoms with Gasteiger partial charge in [0, 0.05) is 24.5 Å². The summed E-state index contributed by atoms with van der Waals surface area (Å²) < 4.78 is 10.7. The van der Waals surface area contributed by atoms with Crippen LogP contribution in [0.2, 0.25) is 0 Å². The lowest BCUT2D eigenvalue weighted by Gasteiger charge is -2.32. The number of hydrogen-bond acceptors (Lipinski definition) is 4. The highest BCUT2D eigenvalue weighted by Gasteiger charge is 2.19. The number of fused-ring (bicyclic) bond motifs is 1. The molecular formula is C18H22N2O2. The van der Waals surface area contributed by atoms with E-state index < -0.39 is 0 Å². The van der Waals surface area contributed by atoms with Gasteiger partial charge in [-0.25, -0.2) is 0 Å². The molecule has 1 aliphatic rings. The number of methoxy groups -OCH3 is 2. The van der Waals surface area contributed by atoms with Crippen molar-refractivity contribution in [2.24, 2.45) is 0 Å². The van der Waals surface area contributed by atoms with Gasteiger partial charge in [-0.05, 0) is 48.2 Å². The van der Waals surface area contributed by atoms with Gasteiger partial charge in [0.15, 0.2) is 11.5 Å². The van der Waals surface area contributed by atoms with Gasteiger partial charge in [-0.2, -0.15) is 0 Å². The normalized spacial score (nSPS) is 13.6. The molecule has 0 spiro atoms. The average molecular weight is 298 g/mol. The van der Waals surface area contributed by atoms with Crippen molar-refractivity contribution in [3.63, 3.8) is 0 Å². The van der Waals surface area contributed by atoms with Gasteiger partial charge in [0.1, 0.15) is 0 Å². The summed E-state index contributed by atoms with van der Waals surface area (Å²) in [4.78, 5) is 2.39. The first-order valence-corrected chi connectivity index (χ1v) is 7.56. The quantitative estimate of drug-likeness (QED) is 0.880. The predicted molar refractivity (Wildman–Crippen MR) is 89.8 cm³/mol. The molecule has 0 aliphatic carbocycles. The minimum atomic E-state index is 0.759. The van der Waals surface area contributed by atoms with Gasteiger partial charge in [0.2, 0.25) is 0 Å². The van der Waals surface area contributed by atoms with Crippen LogP contribution in [0, 0.1) is 0 Å². The summed E-state index contributed by atoms with van der Waals surface area (Å²) >= 11 is 0. The SMILES string of the molecule is COc1ccc(CN2CCCc3c(N)cccc32)cc1OC. The second-order valence-electron chi connectivity index (χ2n) is 5.56. The highest BCUT2D eigenvalue weighted by Crippen LogP contribution is 2.33. The van der Waals surface area contributed by atoms with Crippen LogP contribution in [0.1, 0.15) is 17.5 Å². The van der Waals surface area contributed by atoms with Crippen LogP contribution in [-0.2, 0) is 13.0 Å². The first kappa shape index (κ1) is 14.6. The first-order valence-electron chi connectivity index (χ1n) is 7.56. The zero-order valence-corrected chi connectivity index (χ0v) is 13.1. The number of nitrogens with two attached hydrogens (primary N) is 1. The van der Waals surface area contributed by atoms with Gasteiger partial charge in [-0.1, -0.05) is 12.1 Å². The third kappa shape index (κ3) is 2.69. The van der Waals surface area contributed by atoms with Crippen molar-refractivity contribution in [3.05, 3.63) is 47.5 Å². The lowest BCUT2D eigenvalue weighted by molar-refractivity contribution is 0.354. The maximum absolute atomic E-state index is 6.12. The first-order chi connectivity index (χ1) is 10.7. The zero-order chi connectivity index (χ0) is 15.5. The van der Waals surface area contributed by atoms with E-state index in [-0.39, 0.29) is 0 Å². The summed E-state index contributed by atoms with van der Waals surface area (Å²) in [6.45, 7) is 1.89. The molecule has 0 amide bonds. The Morgan fingerprint density at radius 2 is 1.91 bits per heavy atom. The molecule has 0 unspecified atom stereocenters. The molecule has 0 radical (unpaired) electrons. The van der Waals surface area contributed by atoms with Crippen LogP contribution in [0.15, 0.2) is 36.4 Å². The fourth-order valence-corrected chi connectivity index (χ4v) is 3.09. The van der Waals surface area contributed by atoms with E-state index in [1.807, 2.05) is 24.3 Å². The molecule has 0 atom stereocenters. The van der Waals surface area contributed by atoms with Crippen LogP contribution < -0.4 is 20.1 Å². The lowest BCUT2D eigenvalue weighted by Crippen LogP contribution is -2.29. The van der Waals surface area contributed by atoms with Crippen molar-refractivity contribution in [2.45, 2.75) is 19.4 Å². The highest BCUT2D eigenvalue weighted by atomic mass is 16.5. The standard InChI is InChI=1S/C18H22N2O2/c1-21-17-9-8-13(11-18(17)22-2)12-20-10-4-5-14-15(19)6-3-7-16(14)20/h3,6-9,11H,4-5,10,12,19H2,1-2H3. The van der Waals surface area contributed by atoms with Gasteiger partial charge in [0.25, 0.3) is 0 Å². The molecule has 1 heterocycles. The highest BCUT2D eigenvalue weighted by molar-refractivity contribution is 5.66. The molecule has 2 N–H and O–H groups in total. The van der Waals surface area contributed by atoms with E-state index in [1.54, 1.807) is 14.2 Å². The van der Waals surface area contributed by atoms with Gasteiger partial charge >= 0.3 is 0 Å². The average Bonchev–Trinajstić information content (AvgIpc) is 2.55. The summed E-state index contributed by atoms with van der Waals surface area (Å²) in [5.74, 6) is 1.53. The van der Waals surface area contributed by atoms with Crippen molar-refractivity contribution in [3.8, 4) is 11.5 Å². The van der Waals surface area contributed by atoms with E-state index in [0.29, 0.717) is 0 Å². The minimum Gasteiger partial charge on any atom is -0.493 e. The molecule has 0 saturated carbocycles.